The molecule has 0 fully saturated rings. The molecule has 0 amide bonds. The SMILES string of the molecule is COCc1nc(Cl)cc(NCc2cc(F)ccc2F)n1. The second-order valence-electron chi connectivity index (χ2n) is 4.01. The lowest BCUT2D eigenvalue weighted by Crippen LogP contribution is -2.06. The van der Waals surface area contributed by atoms with Crippen LogP contribution in [0.2, 0.25) is 5.15 Å². The minimum Gasteiger partial charge on any atom is -0.377 e. The molecule has 1 aromatic carbocycles. The third-order valence-electron chi connectivity index (χ3n) is 2.48. The first-order valence-corrected chi connectivity index (χ1v) is 6.16. The summed E-state index contributed by atoms with van der Waals surface area (Å²) >= 11 is 5.84. The van der Waals surface area contributed by atoms with E-state index in [-0.39, 0.29) is 23.9 Å². The fourth-order valence-electron chi connectivity index (χ4n) is 1.61. The summed E-state index contributed by atoms with van der Waals surface area (Å²) in [6, 6.07) is 4.77. The Morgan fingerprint density at radius 2 is 2.05 bits per heavy atom. The molecule has 0 radical (unpaired) electrons. The first kappa shape index (κ1) is 14.6. The number of ether oxygens (including phenoxy) is 1. The van der Waals surface area contributed by atoms with E-state index in [0.29, 0.717) is 11.6 Å². The third kappa shape index (κ3) is 3.85. The van der Waals surface area contributed by atoms with Gasteiger partial charge in [-0.2, -0.15) is 0 Å². The van der Waals surface area contributed by atoms with Crippen molar-refractivity contribution in [3.8, 4) is 0 Å². The molecule has 7 heteroatoms. The van der Waals surface area contributed by atoms with Gasteiger partial charge in [0.05, 0.1) is 0 Å². The van der Waals surface area contributed by atoms with Crippen molar-refractivity contribution in [2.45, 2.75) is 13.2 Å². The van der Waals surface area contributed by atoms with Gasteiger partial charge in [-0.05, 0) is 18.2 Å². The highest BCUT2D eigenvalue weighted by atomic mass is 35.5. The molecule has 0 saturated carbocycles. The molecule has 4 nitrogen and oxygen atoms in total. The zero-order chi connectivity index (χ0) is 14.5. The fraction of sp³-hybridized carbons (Fsp3) is 0.231. The lowest BCUT2D eigenvalue weighted by atomic mass is 10.2. The Labute approximate surface area is 119 Å². The summed E-state index contributed by atoms with van der Waals surface area (Å²) < 4.78 is 31.4. The summed E-state index contributed by atoms with van der Waals surface area (Å²) in [5, 5.41) is 3.12. The molecule has 0 aliphatic heterocycles. The fourth-order valence-corrected chi connectivity index (χ4v) is 1.81. The van der Waals surface area contributed by atoms with E-state index in [1.54, 1.807) is 0 Å². The molecule has 0 bridgehead atoms. The Bertz CT molecular complexity index is 610. The van der Waals surface area contributed by atoms with Crippen molar-refractivity contribution >= 4 is 17.4 Å². The summed E-state index contributed by atoms with van der Waals surface area (Å²) in [5.41, 5.74) is 0.202. The molecule has 20 heavy (non-hydrogen) atoms. The van der Waals surface area contributed by atoms with Crippen molar-refractivity contribution in [2.75, 3.05) is 12.4 Å². The Balaban J connectivity index is 2.12. The first-order chi connectivity index (χ1) is 9.58. The number of aromatic nitrogens is 2. The lowest BCUT2D eigenvalue weighted by Gasteiger charge is -2.08. The Kier molecular flexibility index (Phi) is 4.81. The molecule has 2 rings (SSSR count). The van der Waals surface area contributed by atoms with Crippen LogP contribution in [0.15, 0.2) is 24.3 Å². The standard InChI is InChI=1S/C13H12ClF2N3O/c1-20-7-13-18-11(14)5-12(19-13)17-6-8-4-9(15)2-3-10(8)16/h2-5H,6-7H2,1H3,(H,17,18,19). The maximum Gasteiger partial charge on any atom is 0.158 e. The van der Waals surface area contributed by atoms with E-state index in [2.05, 4.69) is 15.3 Å². The maximum atomic E-state index is 13.5. The highest BCUT2D eigenvalue weighted by molar-refractivity contribution is 6.29. The molecule has 0 atom stereocenters. The molecule has 1 aromatic heterocycles. The van der Waals surface area contributed by atoms with Crippen molar-refractivity contribution < 1.29 is 13.5 Å². The average Bonchev–Trinajstić information content (AvgIpc) is 2.40. The van der Waals surface area contributed by atoms with Crippen LogP contribution in [-0.2, 0) is 17.9 Å². The molecule has 0 saturated heterocycles. The van der Waals surface area contributed by atoms with Crippen LogP contribution in [0.4, 0.5) is 14.6 Å². The summed E-state index contributed by atoms with van der Waals surface area (Å²) in [6.07, 6.45) is 0. The van der Waals surface area contributed by atoms with E-state index in [4.69, 9.17) is 16.3 Å². The molecule has 1 heterocycles. The van der Waals surface area contributed by atoms with Gasteiger partial charge in [0.1, 0.15) is 29.2 Å². The second-order valence-corrected chi connectivity index (χ2v) is 4.40. The Morgan fingerprint density at radius 1 is 1.25 bits per heavy atom. The molecule has 1 N–H and O–H groups in total. The van der Waals surface area contributed by atoms with Crippen molar-refractivity contribution in [2.24, 2.45) is 0 Å². The van der Waals surface area contributed by atoms with Gasteiger partial charge in [0.2, 0.25) is 0 Å². The van der Waals surface area contributed by atoms with Crippen LogP contribution < -0.4 is 5.32 Å². The molecule has 106 valence electrons. The van der Waals surface area contributed by atoms with Gasteiger partial charge < -0.3 is 10.1 Å². The zero-order valence-electron chi connectivity index (χ0n) is 10.7. The average molecular weight is 300 g/mol. The number of hydrogen-bond acceptors (Lipinski definition) is 4. The molecule has 0 unspecified atom stereocenters. The molecule has 0 aliphatic carbocycles. The first-order valence-electron chi connectivity index (χ1n) is 5.78. The maximum absolute atomic E-state index is 13.5. The van der Waals surface area contributed by atoms with Crippen LogP contribution in [0.1, 0.15) is 11.4 Å². The van der Waals surface area contributed by atoms with Crippen LogP contribution in [0, 0.1) is 11.6 Å². The summed E-state index contributed by atoms with van der Waals surface area (Å²) in [4.78, 5) is 8.11. The predicted molar refractivity (Wildman–Crippen MR) is 71.4 cm³/mol. The molecule has 0 aliphatic rings. The monoisotopic (exact) mass is 299 g/mol. The summed E-state index contributed by atoms with van der Waals surface area (Å²) in [6.45, 7) is 0.299. The third-order valence-corrected chi connectivity index (χ3v) is 2.68. The van der Waals surface area contributed by atoms with E-state index in [1.807, 2.05) is 0 Å². The van der Waals surface area contributed by atoms with Crippen LogP contribution in [0.3, 0.4) is 0 Å². The van der Waals surface area contributed by atoms with Gasteiger partial charge in [0, 0.05) is 25.3 Å². The molecule has 2 aromatic rings. The molecular formula is C13H12ClF2N3O. The smallest absolute Gasteiger partial charge is 0.158 e. The number of hydrogen-bond donors (Lipinski definition) is 1. The number of nitrogens with zero attached hydrogens (tertiary/aromatic N) is 2. The summed E-state index contributed by atoms with van der Waals surface area (Å²) in [5.74, 6) is -0.164. The van der Waals surface area contributed by atoms with Gasteiger partial charge in [0.25, 0.3) is 0 Å². The van der Waals surface area contributed by atoms with E-state index >= 15 is 0 Å². The van der Waals surface area contributed by atoms with Crippen molar-refractivity contribution in [3.63, 3.8) is 0 Å². The quantitative estimate of drug-likeness (QED) is 0.862. The number of methoxy groups -OCH3 is 1. The Morgan fingerprint density at radius 3 is 2.80 bits per heavy atom. The normalized spacial score (nSPS) is 10.6. The van der Waals surface area contributed by atoms with Crippen molar-refractivity contribution in [3.05, 3.63) is 52.4 Å². The number of nitrogens with one attached hydrogen (secondary N) is 1. The van der Waals surface area contributed by atoms with E-state index < -0.39 is 11.6 Å². The van der Waals surface area contributed by atoms with Gasteiger partial charge in [-0.15, -0.1) is 0 Å². The highest BCUT2D eigenvalue weighted by Gasteiger charge is 2.06. The largest absolute Gasteiger partial charge is 0.377 e. The van der Waals surface area contributed by atoms with Gasteiger partial charge in [0.15, 0.2) is 5.82 Å². The molecular weight excluding hydrogens is 288 g/mol. The van der Waals surface area contributed by atoms with E-state index in [9.17, 15) is 8.78 Å². The van der Waals surface area contributed by atoms with Crippen LogP contribution in [0.25, 0.3) is 0 Å². The van der Waals surface area contributed by atoms with E-state index in [0.717, 1.165) is 18.2 Å². The number of benzene rings is 1. The van der Waals surface area contributed by atoms with Crippen LogP contribution >= 0.6 is 11.6 Å². The highest BCUT2D eigenvalue weighted by Crippen LogP contribution is 2.15. The number of rotatable bonds is 5. The summed E-state index contributed by atoms with van der Waals surface area (Å²) in [7, 11) is 1.51. The van der Waals surface area contributed by atoms with Crippen molar-refractivity contribution in [1.29, 1.82) is 0 Å². The topological polar surface area (TPSA) is 47.0 Å². The van der Waals surface area contributed by atoms with Gasteiger partial charge in [-0.25, -0.2) is 18.7 Å². The second kappa shape index (κ2) is 6.58. The van der Waals surface area contributed by atoms with Gasteiger partial charge in [-0.1, -0.05) is 11.6 Å². The minimum atomic E-state index is -0.496. The number of halogens is 3. The van der Waals surface area contributed by atoms with Crippen LogP contribution in [-0.4, -0.2) is 17.1 Å². The molecule has 0 spiro atoms. The van der Waals surface area contributed by atoms with Gasteiger partial charge in [-0.3, -0.25) is 0 Å². The zero-order valence-corrected chi connectivity index (χ0v) is 11.4. The predicted octanol–water partition coefficient (Wildman–Crippen LogP) is 3.17. The number of anilines is 1. The van der Waals surface area contributed by atoms with Crippen molar-refractivity contribution in [1.82, 2.24) is 9.97 Å². The van der Waals surface area contributed by atoms with E-state index in [1.165, 1.54) is 13.2 Å². The minimum absolute atomic E-state index is 0.0867. The lowest BCUT2D eigenvalue weighted by molar-refractivity contribution is 0.178. The Hall–Kier alpha value is -1.79. The van der Waals surface area contributed by atoms with Crippen LogP contribution in [0.5, 0.6) is 0 Å². The van der Waals surface area contributed by atoms with Gasteiger partial charge >= 0.3 is 0 Å².